The van der Waals surface area contributed by atoms with E-state index in [4.69, 9.17) is 0 Å². The van der Waals surface area contributed by atoms with Gasteiger partial charge in [-0.1, -0.05) is 60.7 Å². The molecule has 0 bridgehead atoms. The van der Waals surface area contributed by atoms with E-state index in [1.807, 2.05) is 53.4 Å². The van der Waals surface area contributed by atoms with E-state index in [0.717, 1.165) is 11.1 Å². The van der Waals surface area contributed by atoms with Gasteiger partial charge in [-0.05, 0) is 40.3 Å². The summed E-state index contributed by atoms with van der Waals surface area (Å²) in [5.41, 5.74) is 1.30. The molecule has 0 aliphatic carbocycles. The van der Waals surface area contributed by atoms with Crippen molar-refractivity contribution in [3.05, 3.63) is 134 Å². The van der Waals surface area contributed by atoms with Crippen molar-refractivity contribution >= 4 is 46.3 Å². The molecule has 40 heavy (non-hydrogen) atoms. The van der Waals surface area contributed by atoms with Crippen molar-refractivity contribution in [1.82, 2.24) is 4.90 Å². The molecule has 1 fully saturated rings. The van der Waals surface area contributed by atoms with Gasteiger partial charge in [0, 0.05) is 29.6 Å². The van der Waals surface area contributed by atoms with Crippen molar-refractivity contribution in [2.75, 3.05) is 5.32 Å². The fraction of sp³-hybridized carbons (Fsp3) is 0.129. The van der Waals surface area contributed by atoms with E-state index in [9.17, 15) is 24.5 Å². The Morgan fingerprint density at radius 2 is 1.75 bits per heavy atom. The zero-order chi connectivity index (χ0) is 27.6. The molecule has 4 heterocycles. The summed E-state index contributed by atoms with van der Waals surface area (Å²) in [5.74, 6) is -2.32. The molecule has 1 aromatic heterocycles. The molecule has 3 aliphatic rings. The highest BCUT2D eigenvalue weighted by Crippen LogP contribution is 2.62. The second-order valence-corrected chi connectivity index (χ2v) is 11.0. The molecule has 3 aromatic carbocycles. The quantitative estimate of drug-likeness (QED) is 0.197. The third-order valence-corrected chi connectivity index (χ3v) is 9.11. The highest BCUT2D eigenvalue weighted by molar-refractivity contribution is 7.12. The van der Waals surface area contributed by atoms with Gasteiger partial charge in [0.25, 0.3) is 5.69 Å². The summed E-state index contributed by atoms with van der Waals surface area (Å²) in [5, 5.41) is 16.4. The van der Waals surface area contributed by atoms with Crippen LogP contribution in [0, 0.1) is 16.0 Å². The first kappa shape index (κ1) is 24.2. The molecule has 1 amide bonds. The van der Waals surface area contributed by atoms with Gasteiger partial charge in [0.15, 0.2) is 11.6 Å². The minimum Gasteiger partial charge on any atom is -0.358 e. The molecule has 1 spiro atoms. The Kier molecular flexibility index (Phi) is 5.33. The number of non-ortho nitro benzene ring substituents is 1. The molecule has 7 rings (SSSR count). The number of nitrogens with one attached hydrogen (secondary N) is 1. The average Bonchev–Trinajstić information content (AvgIpc) is 3.69. The summed E-state index contributed by atoms with van der Waals surface area (Å²) in [4.78, 5) is 56.7. The molecule has 0 radical (unpaired) electrons. The molecule has 0 saturated carbocycles. The Labute approximate surface area is 232 Å². The van der Waals surface area contributed by atoms with Crippen LogP contribution in [0.1, 0.15) is 42.8 Å². The second kappa shape index (κ2) is 8.82. The number of nitrogens with zero attached hydrogens (tertiary/aromatic N) is 2. The van der Waals surface area contributed by atoms with Gasteiger partial charge >= 0.3 is 0 Å². The number of benzene rings is 3. The maximum Gasteiger partial charge on any atom is 0.270 e. The predicted molar refractivity (Wildman–Crippen MR) is 150 cm³/mol. The topological polar surface area (TPSA) is 110 Å². The summed E-state index contributed by atoms with van der Waals surface area (Å²) >= 11 is 1.27. The monoisotopic (exact) mass is 547 g/mol. The first-order valence-electron chi connectivity index (χ1n) is 12.7. The van der Waals surface area contributed by atoms with Crippen LogP contribution in [-0.2, 0) is 10.2 Å². The van der Waals surface area contributed by atoms with Crippen LogP contribution in [0.5, 0.6) is 0 Å². The number of hydrogen-bond acceptors (Lipinski definition) is 7. The molecular weight excluding hydrogens is 526 g/mol. The van der Waals surface area contributed by atoms with Gasteiger partial charge < -0.3 is 10.2 Å². The fourth-order valence-corrected chi connectivity index (χ4v) is 7.38. The molecule has 4 atom stereocenters. The number of para-hydroxylation sites is 1. The molecule has 8 nitrogen and oxygen atoms in total. The molecule has 4 aromatic rings. The maximum absolute atomic E-state index is 14.7. The van der Waals surface area contributed by atoms with Crippen LogP contribution < -0.4 is 5.32 Å². The van der Waals surface area contributed by atoms with Gasteiger partial charge in [-0.3, -0.25) is 24.5 Å². The number of Topliss-reactive ketones (excluding diaryl/α,β-unsaturated/α-hetero) is 2. The van der Waals surface area contributed by atoms with Crippen molar-refractivity contribution < 1.29 is 19.3 Å². The number of rotatable bonds is 5. The van der Waals surface area contributed by atoms with Crippen molar-refractivity contribution in [3.8, 4) is 0 Å². The van der Waals surface area contributed by atoms with Crippen molar-refractivity contribution in [3.63, 3.8) is 0 Å². The minimum atomic E-state index is -1.48. The number of nitro groups is 1. The van der Waals surface area contributed by atoms with Crippen LogP contribution in [0.15, 0.2) is 96.5 Å². The van der Waals surface area contributed by atoms with Crippen molar-refractivity contribution in [2.24, 2.45) is 5.92 Å². The molecule has 3 aliphatic heterocycles. The second-order valence-electron chi connectivity index (χ2n) is 10.1. The lowest BCUT2D eigenvalue weighted by atomic mass is 9.62. The first-order valence-corrected chi connectivity index (χ1v) is 13.6. The molecule has 196 valence electrons. The molecule has 1 N–H and O–H groups in total. The molecular formula is C31H21N3O5S. The van der Waals surface area contributed by atoms with Crippen molar-refractivity contribution in [2.45, 2.75) is 17.5 Å². The SMILES string of the molecule is O=C(c1cccs1)[C@@H]1[C@@H](C(=O)c2cccc([N+](=O)[O-])c2)[C@@]2(C(=O)Nc3ccccc32)[C@H]2c3ccccc3C=CN12. The highest BCUT2D eigenvalue weighted by atomic mass is 32.1. The largest absolute Gasteiger partial charge is 0.358 e. The summed E-state index contributed by atoms with van der Waals surface area (Å²) < 4.78 is 0. The van der Waals surface area contributed by atoms with Gasteiger partial charge in [0.1, 0.15) is 11.5 Å². The third kappa shape index (κ3) is 3.21. The number of fused-ring (bicyclic) bond motifs is 6. The number of thiophene rings is 1. The van der Waals surface area contributed by atoms with E-state index in [0.29, 0.717) is 16.1 Å². The number of carbonyl (C=O) groups excluding carboxylic acids is 3. The van der Waals surface area contributed by atoms with Crippen LogP contribution in [-0.4, -0.2) is 33.3 Å². The summed E-state index contributed by atoms with van der Waals surface area (Å²) in [6.07, 6.45) is 3.70. The van der Waals surface area contributed by atoms with Crippen molar-refractivity contribution in [1.29, 1.82) is 0 Å². The van der Waals surface area contributed by atoms with Crippen LogP contribution in [0.2, 0.25) is 0 Å². The van der Waals surface area contributed by atoms with E-state index >= 15 is 0 Å². The Morgan fingerprint density at radius 3 is 2.55 bits per heavy atom. The van der Waals surface area contributed by atoms with E-state index in [-0.39, 0.29) is 22.9 Å². The van der Waals surface area contributed by atoms with Gasteiger partial charge in [-0.2, -0.15) is 0 Å². The van der Waals surface area contributed by atoms with E-state index in [1.54, 1.807) is 29.8 Å². The lowest BCUT2D eigenvalue weighted by Gasteiger charge is -2.38. The zero-order valence-electron chi connectivity index (χ0n) is 20.9. The van der Waals surface area contributed by atoms with Gasteiger partial charge in [-0.25, -0.2) is 0 Å². The fourth-order valence-electron chi connectivity index (χ4n) is 6.68. The van der Waals surface area contributed by atoms with Gasteiger partial charge in [0.05, 0.1) is 21.8 Å². The average molecular weight is 548 g/mol. The Balaban J connectivity index is 1.54. The third-order valence-electron chi connectivity index (χ3n) is 8.23. The standard InChI is InChI=1S/C31H21N3O5S/c35-27(19-8-5-9-20(17-19)34(38)39)25-26(28(36)24-13-6-16-40-24)33-15-14-18-7-1-2-10-21(18)29(33)31(25)22-11-3-4-12-23(22)32-30(31)37/h1-17,25-26,29H,(H,32,37)/t25-,26-,29+,31+/m0/s1. The Bertz CT molecular complexity index is 1760. The van der Waals surface area contributed by atoms with Crippen LogP contribution >= 0.6 is 11.3 Å². The number of carbonyl (C=O) groups is 3. The van der Waals surface area contributed by atoms with E-state index in [1.165, 1.54) is 35.6 Å². The molecule has 0 unspecified atom stereocenters. The van der Waals surface area contributed by atoms with E-state index < -0.39 is 34.1 Å². The minimum absolute atomic E-state index is 0.0804. The van der Waals surface area contributed by atoms with E-state index in [2.05, 4.69) is 5.32 Å². The highest BCUT2D eigenvalue weighted by Gasteiger charge is 2.70. The maximum atomic E-state index is 14.7. The van der Waals surface area contributed by atoms with Crippen LogP contribution in [0.25, 0.3) is 6.08 Å². The Morgan fingerprint density at radius 1 is 0.950 bits per heavy atom. The normalized spacial score (nSPS) is 23.9. The number of nitro benzene ring substituents is 1. The summed E-state index contributed by atoms with van der Waals surface area (Å²) in [6.45, 7) is 0. The Hall–Kier alpha value is -4.89. The number of anilines is 1. The number of ketones is 2. The van der Waals surface area contributed by atoms with Crippen LogP contribution in [0.3, 0.4) is 0 Å². The number of amides is 1. The van der Waals surface area contributed by atoms with Gasteiger partial charge in [0.2, 0.25) is 5.91 Å². The number of hydrogen-bond donors (Lipinski definition) is 1. The smallest absolute Gasteiger partial charge is 0.270 e. The molecule has 1 saturated heterocycles. The molecule has 9 heteroatoms. The first-order chi connectivity index (χ1) is 19.4. The predicted octanol–water partition coefficient (Wildman–Crippen LogP) is 5.64. The summed E-state index contributed by atoms with van der Waals surface area (Å²) in [6, 6.07) is 22.2. The van der Waals surface area contributed by atoms with Crippen LogP contribution in [0.4, 0.5) is 11.4 Å². The summed E-state index contributed by atoms with van der Waals surface area (Å²) in [7, 11) is 0. The lowest BCUT2D eigenvalue weighted by Crippen LogP contribution is -2.49. The van der Waals surface area contributed by atoms with Gasteiger partial charge in [-0.15, -0.1) is 11.3 Å². The lowest BCUT2D eigenvalue weighted by molar-refractivity contribution is -0.384. The zero-order valence-corrected chi connectivity index (χ0v) is 21.7.